The number of aromatic nitrogens is 2. The fraction of sp³-hybridized carbons (Fsp3) is 0.333. The molecule has 1 N–H and O–H groups in total. The van der Waals surface area contributed by atoms with E-state index in [4.69, 9.17) is 9.52 Å². The van der Waals surface area contributed by atoms with Crippen molar-refractivity contribution in [2.75, 3.05) is 11.9 Å². The number of aryl methyl sites for hydroxylation is 1. The molecule has 0 radical (unpaired) electrons. The van der Waals surface area contributed by atoms with Gasteiger partial charge in [-0.3, -0.25) is 4.98 Å². The average molecular weight is 233 g/mol. The molecular formula is C12H15N3O2. The van der Waals surface area contributed by atoms with Crippen molar-refractivity contribution in [3.8, 4) is 0 Å². The van der Waals surface area contributed by atoms with Gasteiger partial charge >= 0.3 is 0 Å². The SMILES string of the molecule is Cc1occc1CN(C)c1cncc(CO)n1. The smallest absolute Gasteiger partial charge is 0.147 e. The molecule has 0 aromatic carbocycles. The molecule has 0 aliphatic heterocycles. The summed E-state index contributed by atoms with van der Waals surface area (Å²) < 4.78 is 5.24. The van der Waals surface area contributed by atoms with Gasteiger partial charge in [-0.25, -0.2) is 4.98 Å². The van der Waals surface area contributed by atoms with Crippen LogP contribution in [0.1, 0.15) is 17.0 Å². The van der Waals surface area contributed by atoms with Gasteiger partial charge in [-0.2, -0.15) is 0 Å². The molecular weight excluding hydrogens is 218 g/mol. The van der Waals surface area contributed by atoms with Crippen molar-refractivity contribution in [3.05, 3.63) is 41.7 Å². The van der Waals surface area contributed by atoms with Crippen molar-refractivity contribution in [3.63, 3.8) is 0 Å². The van der Waals surface area contributed by atoms with Gasteiger partial charge in [0.25, 0.3) is 0 Å². The Labute approximate surface area is 99.7 Å². The van der Waals surface area contributed by atoms with E-state index in [1.54, 1.807) is 18.7 Å². The molecule has 17 heavy (non-hydrogen) atoms. The Morgan fingerprint density at radius 1 is 1.41 bits per heavy atom. The van der Waals surface area contributed by atoms with E-state index in [9.17, 15) is 0 Å². The second-order valence-electron chi connectivity index (χ2n) is 3.88. The molecule has 0 bridgehead atoms. The molecule has 0 amide bonds. The quantitative estimate of drug-likeness (QED) is 0.867. The van der Waals surface area contributed by atoms with Crippen LogP contribution in [0.2, 0.25) is 0 Å². The van der Waals surface area contributed by atoms with Gasteiger partial charge in [-0.05, 0) is 13.0 Å². The van der Waals surface area contributed by atoms with Crippen molar-refractivity contribution in [1.82, 2.24) is 9.97 Å². The van der Waals surface area contributed by atoms with Crippen LogP contribution in [0, 0.1) is 6.92 Å². The Morgan fingerprint density at radius 2 is 2.24 bits per heavy atom. The molecule has 0 saturated heterocycles. The minimum atomic E-state index is -0.0978. The molecule has 2 rings (SSSR count). The van der Waals surface area contributed by atoms with Gasteiger partial charge < -0.3 is 14.4 Å². The van der Waals surface area contributed by atoms with Gasteiger partial charge in [-0.15, -0.1) is 0 Å². The normalized spacial score (nSPS) is 10.5. The number of hydrogen-bond acceptors (Lipinski definition) is 5. The highest BCUT2D eigenvalue weighted by atomic mass is 16.3. The summed E-state index contributed by atoms with van der Waals surface area (Å²) in [4.78, 5) is 10.3. The fourth-order valence-electron chi connectivity index (χ4n) is 1.57. The van der Waals surface area contributed by atoms with E-state index in [1.807, 2.05) is 24.9 Å². The predicted octanol–water partition coefficient (Wildman–Crippen LogP) is 1.51. The topological polar surface area (TPSA) is 62.4 Å². The Bertz CT molecular complexity index is 496. The maximum absolute atomic E-state index is 9.01. The molecule has 0 unspecified atom stereocenters. The lowest BCUT2D eigenvalue weighted by Crippen LogP contribution is -2.18. The Kier molecular flexibility index (Phi) is 3.39. The molecule has 0 aliphatic carbocycles. The fourth-order valence-corrected chi connectivity index (χ4v) is 1.57. The Morgan fingerprint density at radius 3 is 2.88 bits per heavy atom. The third kappa shape index (κ3) is 2.62. The zero-order valence-electron chi connectivity index (χ0n) is 9.92. The lowest BCUT2D eigenvalue weighted by atomic mass is 10.2. The van der Waals surface area contributed by atoms with Crippen molar-refractivity contribution >= 4 is 5.82 Å². The van der Waals surface area contributed by atoms with Crippen LogP contribution in [0.5, 0.6) is 0 Å². The molecule has 0 spiro atoms. The van der Waals surface area contributed by atoms with Crippen LogP contribution < -0.4 is 4.90 Å². The number of hydrogen-bond donors (Lipinski definition) is 1. The number of nitrogens with zero attached hydrogens (tertiary/aromatic N) is 3. The third-order valence-electron chi connectivity index (χ3n) is 2.60. The van der Waals surface area contributed by atoms with E-state index in [1.165, 1.54) is 0 Å². The molecule has 2 heterocycles. The standard InChI is InChI=1S/C12H15N3O2/c1-9-10(3-4-17-9)7-15(2)12-6-13-5-11(8-16)14-12/h3-6,16H,7-8H2,1-2H3. The summed E-state index contributed by atoms with van der Waals surface area (Å²) in [6.07, 6.45) is 4.91. The summed E-state index contributed by atoms with van der Waals surface area (Å²) in [6, 6.07) is 1.94. The summed E-state index contributed by atoms with van der Waals surface area (Å²) in [6.45, 7) is 2.53. The van der Waals surface area contributed by atoms with E-state index < -0.39 is 0 Å². The Balaban J connectivity index is 2.14. The van der Waals surface area contributed by atoms with Crippen molar-refractivity contribution in [2.24, 2.45) is 0 Å². The first-order chi connectivity index (χ1) is 8.20. The van der Waals surface area contributed by atoms with Crippen LogP contribution in [0.4, 0.5) is 5.82 Å². The maximum atomic E-state index is 9.01. The van der Waals surface area contributed by atoms with Crippen molar-refractivity contribution in [2.45, 2.75) is 20.1 Å². The number of aliphatic hydroxyl groups excluding tert-OH is 1. The molecule has 5 heteroatoms. The molecule has 0 aliphatic rings. The highest BCUT2D eigenvalue weighted by Crippen LogP contribution is 2.15. The highest BCUT2D eigenvalue weighted by molar-refractivity contribution is 5.37. The monoisotopic (exact) mass is 233 g/mol. The molecule has 2 aromatic rings. The average Bonchev–Trinajstić information content (AvgIpc) is 2.75. The van der Waals surface area contributed by atoms with E-state index in [-0.39, 0.29) is 6.61 Å². The molecule has 90 valence electrons. The molecule has 0 saturated carbocycles. The first kappa shape index (κ1) is 11.6. The zero-order valence-corrected chi connectivity index (χ0v) is 9.92. The summed E-state index contributed by atoms with van der Waals surface area (Å²) in [5.41, 5.74) is 1.68. The van der Waals surface area contributed by atoms with Crippen molar-refractivity contribution in [1.29, 1.82) is 0 Å². The highest BCUT2D eigenvalue weighted by Gasteiger charge is 2.08. The second-order valence-corrected chi connectivity index (χ2v) is 3.88. The summed E-state index contributed by atoms with van der Waals surface area (Å²) in [5, 5.41) is 9.01. The summed E-state index contributed by atoms with van der Waals surface area (Å²) in [7, 11) is 1.93. The second kappa shape index (κ2) is 4.97. The molecule has 2 aromatic heterocycles. The number of furan rings is 1. The third-order valence-corrected chi connectivity index (χ3v) is 2.60. The van der Waals surface area contributed by atoms with Crippen LogP contribution in [0.15, 0.2) is 29.1 Å². The number of rotatable bonds is 4. The van der Waals surface area contributed by atoms with E-state index in [0.717, 1.165) is 17.1 Å². The molecule has 5 nitrogen and oxygen atoms in total. The number of anilines is 1. The van der Waals surface area contributed by atoms with E-state index in [0.29, 0.717) is 12.2 Å². The van der Waals surface area contributed by atoms with Gasteiger partial charge in [0.2, 0.25) is 0 Å². The molecule has 0 atom stereocenters. The van der Waals surface area contributed by atoms with Crippen LogP contribution in [-0.2, 0) is 13.2 Å². The van der Waals surface area contributed by atoms with Gasteiger partial charge in [0.1, 0.15) is 11.6 Å². The van der Waals surface area contributed by atoms with Crippen LogP contribution in [0.3, 0.4) is 0 Å². The van der Waals surface area contributed by atoms with E-state index >= 15 is 0 Å². The maximum Gasteiger partial charge on any atom is 0.147 e. The van der Waals surface area contributed by atoms with E-state index in [2.05, 4.69) is 9.97 Å². The minimum absolute atomic E-state index is 0.0978. The lowest BCUT2D eigenvalue weighted by molar-refractivity contribution is 0.276. The first-order valence-corrected chi connectivity index (χ1v) is 5.36. The largest absolute Gasteiger partial charge is 0.469 e. The lowest BCUT2D eigenvalue weighted by Gasteiger charge is -2.17. The summed E-state index contributed by atoms with van der Waals surface area (Å²) in [5.74, 6) is 1.64. The Hall–Kier alpha value is -1.88. The van der Waals surface area contributed by atoms with Gasteiger partial charge in [-0.1, -0.05) is 0 Å². The number of aliphatic hydroxyl groups is 1. The van der Waals surface area contributed by atoms with Gasteiger partial charge in [0.15, 0.2) is 0 Å². The minimum Gasteiger partial charge on any atom is -0.469 e. The molecule has 0 fully saturated rings. The van der Waals surface area contributed by atoms with Crippen LogP contribution >= 0.6 is 0 Å². The van der Waals surface area contributed by atoms with Crippen molar-refractivity contribution < 1.29 is 9.52 Å². The van der Waals surface area contributed by atoms with Gasteiger partial charge in [0, 0.05) is 19.2 Å². The van der Waals surface area contributed by atoms with Crippen LogP contribution in [0.25, 0.3) is 0 Å². The van der Waals surface area contributed by atoms with Gasteiger partial charge in [0.05, 0.1) is 31.0 Å². The predicted molar refractivity (Wildman–Crippen MR) is 63.5 cm³/mol. The van der Waals surface area contributed by atoms with Crippen LogP contribution in [-0.4, -0.2) is 22.1 Å². The summed E-state index contributed by atoms with van der Waals surface area (Å²) >= 11 is 0. The zero-order chi connectivity index (χ0) is 12.3. The first-order valence-electron chi connectivity index (χ1n) is 5.36.